The van der Waals surface area contributed by atoms with E-state index in [0.717, 1.165) is 30.9 Å². The molecule has 0 atom stereocenters. The molecule has 1 aliphatic rings. The second-order valence-electron chi connectivity index (χ2n) is 7.73. The van der Waals surface area contributed by atoms with Crippen LogP contribution >= 0.6 is 0 Å². The Balaban J connectivity index is 1.32. The molecule has 0 bridgehead atoms. The van der Waals surface area contributed by atoms with Gasteiger partial charge in [-0.25, -0.2) is 0 Å². The number of benzene rings is 2. The maximum absolute atomic E-state index is 12.7. The van der Waals surface area contributed by atoms with Gasteiger partial charge in [0.25, 0.3) is 5.56 Å². The zero-order chi connectivity index (χ0) is 23.4. The average Bonchev–Trinajstić information content (AvgIpc) is 2.83. The normalized spacial score (nSPS) is 14.4. The van der Waals surface area contributed by atoms with Crippen LogP contribution in [0.1, 0.15) is 17.7 Å². The predicted octanol–water partition coefficient (Wildman–Crippen LogP) is 3.13. The molecule has 1 aliphatic heterocycles. The number of aryl methyl sites for hydroxylation is 1. The van der Waals surface area contributed by atoms with Crippen LogP contribution in [0.3, 0.4) is 0 Å². The molecule has 10 heteroatoms. The number of para-hydroxylation sites is 1. The van der Waals surface area contributed by atoms with Gasteiger partial charge < -0.3 is 14.8 Å². The van der Waals surface area contributed by atoms with Gasteiger partial charge in [0.1, 0.15) is 5.69 Å². The van der Waals surface area contributed by atoms with E-state index in [1.165, 1.54) is 12.1 Å². The standard InChI is InChI=1S/C23H22F3N5O2/c24-23(25,26)17-8-6-16(7-9-17)21-27-22(33)19(28-29-21)10-11-20(32)31-14-12-30(13-15-31)18-4-2-1-3-5-18/h1-9H,10-15H2,(H,27,29,33). The summed E-state index contributed by atoms with van der Waals surface area (Å²) in [6.07, 6.45) is -4.18. The molecule has 0 radical (unpaired) electrons. The first-order valence-corrected chi connectivity index (χ1v) is 10.5. The highest BCUT2D eigenvalue weighted by Gasteiger charge is 2.30. The lowest BCUT2D eigenvalue weighted by atomic mass is 10.1. The van der Waals surface area contributed by atoms with Gasteiger partial charge in [0.15, 0.2) is 5.82 Å². The summed E-state index contributed by atoms with van der Waals surface area (Å²) in [5.41, 5.74) is 0.246. The Morgan fingerprint density at radius 2 is 1.61 bits per heavy atom. The van der Waals surface area contributed by atoms with Crippen molar-refractivity contribution in [3.05, 3.63) is 76.2 Å². The molecule has 0 unspecified atom stereocenters. The minimum Gasteiger partial charge on any atom is -0.368 e. The number of rotatable bonds is 5. The predicted molar refractivity (Wildman–Crippen MR) is 117 cm³/mol. The minimum atomic E-state index is -4.44. The first-order chi connectivity index (χ1) is 15.8. The number of piperazine rings is 1. The van der Waals surface area contributed by atoms with E-state index in [-0.39, 0.29) is 30.3 Å². The number of amides is 1. The number of H-pyrrole nitrogens is 1. The molecule has 1 fully saturated rings. The summed E-state index contributed by atoms with van der Waals surface area (Å²) in [5.74, 6) is 0.0107. The van der Waals surface area contributed by atoms with E-state index >= 15 is 0 Å². The van der Waals surface area contributed by atoms with Crippen LogP contribution in [0.15, 0.2) is 59.4 Å². The van der Waals surface area contributed by atoms with Crippen LogP contribution in [0.25, 0.3) is 11.4 Å². The molecule has 3 aromatic rings. The molecule has 33 heavy (non-hydrogen) atoms. The Kier molecular flexibility index (Phi) is 6.43. The third kappa shape index (κ3) is 5.39. The van der Waals surface area contributed by atoms with Crippen LogP contribution in [-0.4, -0.2) is 52.2 Å². The third-order valence-corrected chi connectivity index (χ3v) is 5.58. The quantitative estimate of drug-likeness (QED) is 0.637. The van der Waals surface area contributed by atoms with Gasteiger partial charge in [-0.05, 0) is 24.3 Å². The van der Waals surface area contributed by atoms with Gasteiger partial charge in [-0.2, -0.15) is 13.2 Å². The van der Waals surface area contributed by atoms with Crippen molar-refractivity contribution in [2.45, 2.75) is 19.0 Å². The fourth-order valence-electron chi connectivity index (χ4n) is 3.71. The maximum atomic E-state index is 12.7. The summed E-state index contributed by atoms with van der Waals surface area (Å²) in [7, 11) is 0. The Morgan fingerprint density at radius 1 is 0.939 bits per heavy atom. The molecule has 0 spiro atoms. The third-order valence-electron chi connectivity index (χ3n) is 5.58. The molecule has 7 nitrogen and oxygen atoms in total. The fraction of sp³-hybridized carbons (Fsp3) is 0.304. The van der Waals surface area contributed by atoms with E-state index in [9.17, 15) is 22.8 Å². The molecule has 172 valence electrons. The topological polar surface area (TPSA) is 82.2 Å². The van der Waals surface area contributed by atoms with E-state index in [2.05, 4.69) is 20.1 Å². The number of nitrogens with one attached hydrogen (secondary N) is 1. The van der Waals surface area contributed by atoms with Crippen molar-refractivity contribution >= 4 is 11.6 Å². The number of aromatic nitrogens is 3. The van der Waals surface area contributed by atoms with Crippen LogP contribution in [-0.2, 0) is 17.4 Å². The number of alkyl halides is 3. The van der Waals surface area contributed by atoms with Crippen LogP contribution in [0.5, 0.6) is 0 Å². The lowest BCUT2D eigenvalue weighted by molar-refractivity contribution is -0.137. The number of halogens is 3. The Morgan fingerprint density at radius 3 is 2.21 bits per heavy atom. The van der Waals surface area contributed by atoms with Crippen LogP contribution in [0, 0.1) is 0 Å². The lowest BCUT2D eigenvalue weighted by Crippen LogP contribution is -2.48. The van der Waals surface area contributed by atoms with Crippen molar-refractivity contribution < 1.29 is 18.0 Å². The first-order valence-electron chi connectivity index (χ1n) is 10.5. The number of anilines is 1. The summed E-state index contributed by atoms with van der Waals surface area (Å²) in [5, 5.41) is 7.82. The van der Waals surface area contributed by atoms with Gasteiger partial charge in [-0.1, -0.05) is 30.3 Å². The minimum absolute atomic E-state index is 0.0595. The SMILES string of the molecule is O=C(CCc1nnc(-c2ccc(C(F)(F)F)cc2)[nH]c1=O)N1CCN(c2ccccc2)CC1. The zero-order valence-electron chi connectivity index (χ0n) is 17.7. The van der Waals surface area contributed by atoms with Gasteiger partial charge in [0.2, 0.25) is 5.91 Å². The Bertz CT molecular complexity index is 1160. The van der Waals surface area contributed by atoms with Gasteiger partial charge in [0, 0.05) is 50.3 Å². The smallest absolute Gasteiger partial charge is 0.368 e. The molecule has 1 amide bonds. The van der Waals surface area contributed by atoms with Gasteiger partial charge >= 0.3 is 6.18 Å². The Labute approximate surface area is 187 Å². The number of hydrogen-bond acceptors (Lipinski definition) is 5. The molecular formula is C23H22F3N5O2. The molecule has 1 N–H and O–H groups in total. The highest BCUT2D eigenvalue weighted by atomic mass is 19.4. The van der Waals surface area contributed by atoms with Crippen LogP contribution in [0.2, 0.25) is 0 Å². The first kappa shape index (κ1) is 22.5. The van der Waals surface area contributed by atoms with Crippen molar-refractivity contribution in [2.75, 3.05) is 31.1 Å². The van der Waals surface area contributed by atoms with E-state index in [1.54, 1.807) is 4.90 Å². The summed E-state index contributed by atoms with van der Waals surface area (Å²) >= 11 is 0. The lowest BCUT2D eigenvalue weighted by Gasteiger charge is -2.36. The van der Waals surface area contributed by atoms with E-state index in [4.69, 9.17) is 0 Å². The van der Waals surface area contributed by atoms with Crippen molar-refractivity contribution in [3.8, 4) is 11.4 Å². The number of aromatic amines is 1. The van der Waals surface area contributed by atoms with Crippen LogP contribution in [0.4, 0.5) is 18.9 Å². The molecule has 4 rings (SSSR count). The fourth-order valence-corrected chi connectivity index (χ4v) is 3.71. The molecule has 0 saturated carbocycles. The second kappa shape index (κ2) is 9.43. The average molecular weight is 457 g/mol. The highest BCUT2D eigenvalue weighted by molar-refractivity contribution is 5.76. The van der Waals surface area contributed by atoms with Gasteiger partial charge in [0.05, 0.1) is 5.56 Å². The van der Waals surface area contributed by atoms with Crippen molar-refractivity contribution in [1.82, 2.24) is 20.1 Å². The Hall–Kier alpha value is -3.69. The number of carbonyl (C=O) groups is 1. The van der Waals surface area contributed by atoms with E-state index in [0.29, 0.717) is 18.7 Å². The zero-order valence-corrected chi connectivity index (χ0v) is 17.7. The molecular weight excluding hydrogens is 435 g/mol. The summed E-state index contributed by atoms with van der Waals surface area (Å²) in [6, 6.07) is 14.3. The van der Waals surface area contributed by atoms with Crippen LogP contribution < -0.4 is 10.5 Å². The number of hydrogen-bond donors (Lipinski definition) is 1. The molecule has 2 aromatic carbocycles. The summed E-state index contributed by atoms with van der Waals surface area (Å²) in [6.45, 7) is 2.67. The summed E-state index contributed by atoms with van der Waals surface area (Å²) < 4.78 is 38.1. The number of carbonyl (C=O) groups excluding carboxylic acids is 1. The van der Waals surface area contributed by atoms with Crippen molar-refractivity contribution in [3.63, 3.8) is 0 Å². The molecule has 2 heterocycles. The highest BCUT2D eigenvalue weighted by Crippen LogP contribution is 2.30. The van der Waals surface area contributed by atoms with Gasteiger partial charge in [-0.3, -0.25) is 9.59 Å². The van der Waals surface area contributed by atoms with E-state index in [1.807, 2.05) is 30.3 Å². The largest absolute Gasteiger partial charge is 0.416 e. The van der Waals surface area contributed by atoms with Gasteiger partial charge in [-0.15, -0.1) is 10.2 Å². The second-order valence-corrected chi connectivity index (χ2v) is 7.73. The molecule has 1 aromatic heterocycles. The van der Waals surface area contributed by atoms with Crippen molar-refractivity contribution in [2.24, 2.45) is 0 Å². The monoisotopic (exact) mass is 457 g/mol. The number of nitrogens with zero attached hydrogens (tertiary/aromatic N) is 4. The maximum Gasteiger partial charge on any atom is 0.416 e. The molecule has 0 aliphatic carbocycles. The summed E-state index contributed by atoms with van der Waals surface area (Å²) in [4.78, 5) is 31.5. The van der Waals surface area contributed by atoms with E-state index < -0.39 is 17.3 Å². The molecule has 1 saturated heterocycles. The van der Waals surface area contributed by atoms with Crippen molar-refractivity contribution in [1.29, 1.82) is 0 Å².